The molecule has 1 aliphatic rings. The standard InChI is InChI=1S/C12H21NO3S/c1-9(2)17-8-11(14)13-6-4-5-10(7-13)12(15)16-3/h9-10H,4-8H2,1-3H3/t10-/m0/s1. The number of hydrogen-bond acceptors (Lipinski definition) is 4. The van der Waals surface area contributed by atoms with Gasteiger partial charge in [-0.15, -0.1) is 11.8 Å². The molecule has 0 spiro atoms. The molecule has 1 saturated heterocycles. The maximum absolute atomic E-state index is 11.9. The average molecular weight is 259 g/mol. The summed E-state index contributed by atoms with van der Waals surface area (Å²) in [4.78, 5) is 25.1. The summed E-state index contributed by atoms with van der Waals surface area (Å²) in [7, 11) is 1.40. The van der Waals surface area contributed by atoms with Crippen molar-refractivity contribution in [1.82, 2.24) is 4.90 Å². The minimum atomic E-state index is -0.195. The predicted octanol–water partition coefficient (Wildman–Crippen LogP) is 1.54. The number of likely N-dealkylation sites (tertiary alicyclic amines) is 1. The number of carbonyl (C=O) groups excluding carboxylic acids is 2. The highest BCUT2D eigenvalue weighted by Crippen LogP contribution is 2.19. The van der Waals surface area contributed by atoms with E-state index in [4.69, 9.17) is 4.74 Å². The summed E-state index contributed by atoms with van der Waals surface area (Å²) >= 11 is 1.64. The highest BCUT2D eigenvalue weighted by Gasteiger charge is 2.28. The smallest absolute Gasteiger partial charge is 0.310 e. The molecule has 0 aromatic rings. The van der Waals surface area contributed by atoms with Crippen LogP contribution >= 0.6 is 11.8 Å². The molecule has 0 bridgehead atoms. The zero-order chi connectivity index (χ0) is 12.8. The lowest BCUT2D eigenvalue weighted by Crippen LogP contribution is -2.43. The first-order chi connectivity index (χ1) is 8.04. The molecule has 4 nitrogen and oxygen atoms in total. The predicted molar refractivity (Wildman–Crippen MR) is 68.9 cm³/mol. The Morgan fingerprint density at radius 1 is 1.47 bits per heavy atom. The lowest BCUT2D eigenvalue weighted by molar-refractivity contribution is -0.148. The minimum Gasteiger partial charge on any atom is -0.469 e. The number of amides is 1. The van der Waals surface area contributed by atoms with E-state index in [1.807, 2.05) is 0 Å². The van der Waals surface area contributed by atoms with E-state index in [-0.39, 0.29) is 17.8 Å². The molecular formula is C12H21NO3S. The van der Waals surface area contributed by atoms with Crippen LogP contribution in [0, 0.1) is 5.92 Å². The number of ether oxygens (including phenoxy) is 1. The summed E-state index contributed by atoms with van der Waals surface area (Å²) in [6, 6.07) is 0. The number of esters is 1. The molecule has 1 heterocycles. The van der Waals surface area contributed by atoms with Crippen molar-refractivity contribution >= 4 is 23.6 Å². The molecule has 1 fully saturated rings. The van der Waals surface area contributed by atoms with Crippen LogP contribution in [0.15, 0.2) is 0 Å². The first-order valence-corrected chi connectivity index (χ1v) is 7.06. The Hall–Kier alpha value is -0.710. The second-order valence-electron chi connectivity index (χ2n) is 4.56. The van der Waals surface area contributed by atoms with Gasteiger partial charge in [0.2, 0.25) is 5.91 Å². The first-order valence-electron chi connectivity index (χ1n) is 6.01. The highest BCUT2D eigenvalue weighted by atomic mass is 32.2. The van der Waals surface area contributed by atoms with Crippen molar-refractivity contribution < 1.29 is 14.3 Å². The molecule has 0 radical (unpaired) electrons. The van der Waals surface area contributed by atoms with Crippen LogP contribution in [0.3, 0.4) is 0 Å². The van der Waals surface area contributed by atoms with Crippen molar-refractivity contribution in [2.24, 2.45) is 5.92 Å². The van der Waals surface area contributed by atoms with Crippen LogP contribution in [-0.2, 0) is 14.3 Å². The Kier molecular flexibility index (Phi) is 5.82. The lowest BCUT2D eigenvalue weighted by atomic mass is 9.98. The summed E-state index contributed by atoms with van der Waals surface area (Å²) in [5.74, 6) is 0.309. The van der Waals surface area contributed by atoms with E-state index in [0.717, 1.165) is 19.4 Å². The van der Waals surface area contributed by atoms with Crippen LogP contribution in [-0.4, -0.2) is 48.0 Å². The maximum atomic E-state index is 11.9. The molecule has 0 unspecified atom stereocenters. The van der Waals surface area contributed by atoms with Gasteiger partial charge in [0.05, 0.1) is 18.8 Å². The van der Waals surface area contributed by atoms with Gasteiger partial charge >= 0.3 is 5.97 Å². The molecule has 0 N–H and O–H groups in total. The number of nitrogens with zero attached hydrogens (tertiary/aromatic N) is 1. The van der Waals surface area contributed by atoms with E-state index >= 15 is 0 Å². The SMILES string of the molecule is COC(=O)[C@H]1CCCN(C(=O)CSC(C)C)C1. The van der Waals surface area contributed by atoms with Gasteiger partial charge in [0, 0.05) is 13.1 Å². The van der Waals surface area contributed by atoms with Gasteiger partial charge in [0.25, 0.3) is 0 Å². The molecule has 5 heteroatoms. The zero-order valence-electron chi connectivity index (χ0n) is 10.8. The Balaban J connectivity index is 2.43. The Labute approximate surface area is 107 Å². The third-order valence-corrected chi connectivity index (χ3v) is 3.93. The van der Waals surface area contributed by atoms with Crippen molar-refractivity contribution in [3.8, 4) is 0 Å². The van der Waals surface area contributed by atoms with Gasteiger partial charge in [-0.25, -0.2) is 0 Å². The fourth-order valence-corrected chi connectivity index (χ4v) is 2.55. The van der Waals surface area contributed by atoms with Crippen LogP contribution in [0.4, 0.5) is 0 Å². The molecule has 0 aromatic heterocycles. The summed E-state index contributed by atoms with van der Waals surface area (Å²) in [5.41, 5.74) is 0. The van der Waals surface area contributed by atoms with Crippen molar-refractivity contribution in [3.63, 3.8) is 0 Å². The first kappa shape index (κ1) is 14.4. The van der Waals surface area contributed by atoms with E-state index in [0.29, 0.717) is 17.5 Å². The number of methoxy groups -OCH3 is 1. The molecule has 0 aromatic carbocycles. The second-order valence-corrected chi connectivity index (χ2v) is 6.13. The van der Waals surface area contributed by atoms with Gasteiger partial charge in [-0.05, 0) is 18.1 Å². The molecule has 17 heavy (non-hydrogen) atoms. The summed E-state index contributed by atoms with van der Waals surface area (Å²) in [6.45, 7) is 5.44. The molecule has 0 aliphatic carbocycles. The van der Waals surface area contributed by atoms with Gasteiger partial charge in [-0.1, -0.05) is 13.8 Å². The van der Waals surface area contributed by atoms with Crippen LogP contribution in [0.2, 0.25) is 0 Å². The topological polar surface area (TPSA) is 46.6 Å². The molecule has 1 atom stereocenters. The lowest BCUT2D eigenvalue weighted by Gasteiger charge is -2.31. The Bertz CT molecular complexity index is 281. The Morgan fingerprint density at radius 3 is 2.76 bits per heavy atom. The van der Waals surface area contributed by atoms with Crippen molar-refractivity contribution in [2.75, 3.05) is 26.0 Å². The molecule has 1 rings (SSSR count). The van der Waals surface area contributed by atoms with Gasteiger partial charge < -0.3 is 9.64 Å². The van der Waals surface area contributed by atoms with Gasteiger partial charge in [-0.2, -0.15) is 0 Å². The monoisotopic (exact) mass is 259 g/mol. The van der Waals surface area contributed by atoms with Crippen LogP contribution in [0.5, 0.6) is 0 Å². The van der Waals surface area contributed by atoms with Crippen molar-refractivity contribution in [3.05, 3.63) is 0 Å². The maximum Gasteiger partial charge on any atom is 0.310 e. The number of carbonyl (C=O) groups is 2. The third kappa shape index (κ3) is 4.58. The summed E-state index contributed by atoms with van der Waals surface area (Å²) in [5, 5.41) is 0.458. The van der Waals surface area contributed by atoms with E-state index in [2.05, 4.69) is 13.8 Å². The number of piperidine rings is 1. The summed E-state index contributed by atoms with van der Waals surface area (Å²) < 4.78 is 4.73. The molecule has 0 saturated carbocycles. The molecule has 98 valence electrons. The zero-order valence-corrected chi connectivity index (χ0v) is 11.6. The number of hydrogen-bond donors (Lipinski definition) is 0. The van der Waals surface area contributed by atoms with E-state index in [9.17, 15) is 9.59 Å². The van der Waals surface area contributed by atoms with Crippen LogP contribution in [0.1, 0.15) is 26.7 Å². The van der Waals surface area contributed by atoms with Crippen molar-refractivity contribution in [2.45, 2.75) is 31.9 Å². The summed E-state index contributed by atoms with van der Waals surface area (Å²) in [6.07, 6.45) is 1.71. The Morgan fingerprint density at radius 2 is 2.18 bits per heavy atom. The van der Waals surface area contributed by atoms with Crippen LogP contribution in [0.25, 0.3) is 0 Å². The third-order valence-electron chi connectivity index (χ3n) is 2.85. The average Bonchev–Trinajstić information content (AvgIpc) is 2.35. The largest absolute Gasteiger partial charge is 0.469 e. The quantitative estimate of drug-likeness (QED) is 0.719. The molecule has 1 amide bonds. The normalized spacial score (nSPS) is 20.5. The molecular weight excluding hydrogens is 238 g/mol. The van der Waals surface area contributed by atoms with E-state index in [1.165, 1.54) is 7.11 Å². The fourth-order valence-electron chi connectivity index (χ4n) is 1.89. The van der Waals surface area contributed by atoms with E-state index < -0.39 is 0 Å². The second kappa shape index (κ2) is 6.89. The van der Waals surface area contributed by atoms with E-state index in [1.54, 1.807) is 16.7 Å². The molecule has 1 aliphatic heterocycles. The van der Waals surface area contributed by atoms with Crippen LogP contribution < -0.4 is 0 Å². The van der Waals surface area contributed by atoms with Crippen molar-refractivity contribution in [1.29, 1.82) is 0 Å². The van der Waals surface area contributed by atoms with Gasteiger partial charge in [-0.3, -0.25) is 9.59 Å². The number of thioether (sulfide) groups is 1. The highest BCUT2D eigenvalue weighted by molar-refractivity contribution is 8.00. The fraction of sp³-hybridized carbons (Fsp3) is 0.833. The minimum absolute atomic E-state index is 0.136. The van der Waals surface area contributed by atoms with Gasteiger partial charge in [0.1, 0.15) is 0 Å². The van der Waals surface area contributed by atoms with Gasteiger partial charge in [0.15, 0.2) is 0 Å². The number of rotatable bonds is 4.